The molecule has 0 spiro atoms. The second-order valence-corrected chi connectivity index (χ2v) is 5.28. The zero-order chi connectivity index (χ0) is 17.2. The van der Waals surface area contributed by atoms with Gasteiger partial charge in [0.15, 0.2) is 5.58 Å². The molecule has 0 radical (unpaired) electrons. The number of H-pyrrole nitrogens is 1. The molecular formula is C18H12N4O3. The van der Waals surface area contributed by atoms with Gasteiger partial charge in [-0.3, -0.25) is 14.9 Å². The number of aromatic nitrogens is 3. The largest absolute Gasteiger partial charge is 0.423 e. The lowest BCUT2D eigenvalue weighted by atomic mass is 10.2. The maximum absolute atomic E-state index is 12.0. The summed E-state index contributed by atoms with van der Waals surface area (Å²) in [5.41, 5.74) is 1.54. The van der Waals surface area contributed by atoms with Crippen molar-refractivity contribution in [2.75, 3.05) is 5.32 Å². The highest BCUT2D eigenvalue weighted by Gasteiger charge is 2.07. The maximum atomic E-state index is 12.0. The summed E-state index contributed by atoms with van der Waals surface area (Å²) in [5.74, 6) is -0.154. The quantitative estimate of drug-likeness (QED) is 0.562. The fraction of sp³-hybridized carbons (Fsp3) is 0. The Hall–Kier alpha value is -3.74. The van der Waals surface area contributed by atoms with Gasteiger partial charge in [-0.25, -0.2) is 4.98 Å². The lowest BCUT2D eigenvalue weighted by Gasteiger charge is -1.98. The van der Waals surface area contributed by atoms with Crippen LogP contribution in [0.1, 0.15) is 5.82 Å². The second kappa shape index (κ2) is 6.04. The van der Waals surface area contributed by atoms with E-state index in [2.05, 4.69) is 20.3 Å². The van der Waals surface area contributed by atoms with Crippen molar-refractivity contribution in [1.82, 2.24) is 15.0 Å². The Kier molecular flexibility index (Phi) is 3.59. The molecule has 0 unspecified atom stereocenters. The fourth-order valence-electron chi connectivity index (χ4n) is 2.41. The highest BCUT2D eigenvalue weighted by Crippen LogP contribution is 2.17. The summed E-state index contributed by atoms with van der Waals surface area (Å²) in [7, 11) is 0. The Morgan fingerprint density at radius 1 is 1.04 bits per heavy atom. The van der Waals surface area contributed by atoms with Crippen LogP contribution in [-0.2, 0) is 4.79 Å². The molecule has 2 N–H and O–H groups in total. The molecule has 0 saturated carbocycles. The lowest BCUT2D eigenvalue weighted by Crippen LogP contribution is -2.11. The van der Waals surface area contributed by atoms with E-state index in [0.29, 0.717) is 22.0 Å². The number of benzene rings is 2. The van der Waals surface area contributed by atoms with Gasteiger partial charge in [0, 0.05) is 6.08 Å². The molecule has 122 valence electrons. The first-order chi connectivity index (χ1) is 12.2. The summed E-state index contributed by atoms with van der Waals surface area (Å²) in [4.78, 5) is 35.0. The molecule has 7 nitrogen and oxygen atoms in total. The molecular weight excluding hydrogens is 320 g/mol. The lowest BCUT2D eigenvalue weighted by molar-refractivity contribution is -0.112. The predicted octanol–water partition coefficient (Wildman–Crippen LogP) is 2.72. The van der Waals surface area contributed by atoms with Gasteiger partial charge in [0.2, 0.25) is 0 Å². The topological polar surface area (TPSA) is 101 Å². The van der Waals surface area contributed by atoms with E-state index in [1.54, 1.807) is 36.4 Å². The van der Waals surface area contributed by atoms with Crippen molar-refractivity contribution in [3.8, 4) is 0 Å². The highest BCUT2D eigenvalue weighted by molar-refractivity contribution is 6.01. The van der Waals surface area contributed by atoms with Crippen LogP contribution in [0.4, 0.5) is 6.01 Å². The standard InChI is InChI=1S/C18H12N4O3/c23-16(22-18-20-13-7-3-4-8-14(13)25-18)10-9-15-19-12-6-2-1-5-11(12)17(24)21-15/h1-10H,(H,19,21,24)(H,20,22,23)/b10-9-. The number of nitrogens with one attached hydrogen (secondary N) is 2. The summed E-state index contributed by atoms with van der Waals surface area (Å²) in [6.07, 6.45) is 2.67. The Morgan fingerprint density at radius 2 is 1.80 bits per heavy atom. The first-order valence-corrected chi connectivity index (χ1v) is 7.53. The van der Waals surface area contributed by atoms with E-state index in [1.807, 2.05) is 12.1 Å². The van der Waals surface area contributed by atoms with Gasteiger partial charge in [-0.2, -0.15) is 4.98 Å². The third-order valence-corrected chi connectivity index (χ3v) is 3.55. The number of hydrogen-bond acceptors (Lipinski definition) is 5. The van der Waals surface area contributed by atoms with Gasteiger partial charge in [-0.1, -0.05) is 24.3 Å². The SMILES string of the molecule is O=C(/C=C\c1nc2ccccc2c(=O)[nH]1)Nc1nc2ccccc2o1. The van der Waals surface area contributed by atoms with Crippen LogP contribution in [0.15, 0.2) is 63.8 Å². The van der Waals surface area contributed by atoms with Gasteiger partial charge in [0.1, 0.15) is 11.3 Å². The summed E-state index contributed by atoms with van der Waals surface area (Å²) >= 11 is 0. The van der Waals surface area contributed by atoms with Gasteiger partial charge in [-0.05, 0) is 30.3 Å². The van der Waals surface area contributed by atoms with E-state index in [4.69, 9.17) is 4.42 Å². The number of carbonyl (C=O) groups is 1. The van der Waals surface area contributed by atoms with Crippen LogP contribution < -0.4 is 10.9 Å². The Labute approximate surface area is 141 Å². The number of nitrogens with zero attached hydrogens (tertiary/aromatic N) is 2. The molecule has 25 heavy (non-hydrogen) atoms. The number of carbonyl (C=O) groups excluding carboxylic acids is 1. The van der Waals surface area contributed by atoms with Gasteiger partial charge in [-0.15, -0.1) is 0 Å². The maximum Gasteiger partial charge on any atom is 0.302 e. The average Bonchev–Trinajstić information content (AvgIpc) is 3.02. The predicted molar refractivity (Wildman–Crippen MR) is 94.0 cm³/mol. The zero-order valence-electron chi connectivity index (χ0n) is 12.9. The molecule has 7 heteroatoms. The fourth-order valence-corrected chi connectivity index (χ4v) is 2.41. The molecule has 2 aromatic carbocycles. The molecule has 1 amide bonds. The van der Waals surface area contributed by atoms with Crippen LogP contribution in [-0.4, -0.2) is 20.9 Å². The molecule has 0 fully saturated rings. The number of anilines is 1. The molecule has 2 heterocycles. The molecule has 4 rings (SSSR count). The molecule has 0 aliphatic carbocycles. The van der Waals surface area contributed by atoms with Crippen LogP contribution in [0.2, 0.25) is 0 Å². The van der Waals surface area contributed by atoms with Crippen LogP contribution in [0.5, 0.6) is 0 Å². The van der Waals surface area contributed by atoms with Crippen molar-refractivity contribution in [1.29, 1.82) is 0 Å². The minimum atomic E-state index is -0.442. The van der Waals surface area contributed by atoms with Crippen molar-refractivity contribution in [2.45, 2.75) is 0 Å². The Bertz CT molecular complexity index is 1140. The van der Waals surface area contributed by atoms with Crippen molar-refractivity contribution < 1.29 is 9.21 Å². The first-order valence-electron chi connectivity index (χ1n) is 7.53. The molecule has 4 aromatic rings. The summed E-state index contributed by atoms with van der Waals surface area (Å²) in [5, 5.41) is 3.03. The molecule has 0 aliphatic rings. The van der Waals surface area contributed by atoms with Gasteiger partial charge in [0.25, 0.3) is 11.5 Å². The number of aromatic amines is 1. The smallest absolute Gasteiger partial charge is 0.302 e. The van der Waals surface area contributed by atoms with Crippen molar-refractivity contribution >= 4 is 40.0 Å². The van der Waals surface area contributed by atoms with E-state index < -0.39 is 5.91 Å². The third kappa shape index (κ3) is 3.02. The molecule has 0 bridgehead atoms. The highest BCUT2D eigenvalue weighted by atomic mass is 16.4. The average molecular weight is 332 g/mol. The first kappa shape index (κ1) is 14.8. The van der Waals surface area contributed by atoms with Crippen molar-refractivity contribution in [3.63, 3.8) is 0 Å². The number of fused-ring (bicyclic) bond motifs is 2. The summed E-state index contributed by atoms with van der Waals surface area (Å²) in [6, 6.07) is 14.3. The van der Waals surface area contributed by atoms with Gasteiger partial charge in [0.05, 0.1) is 10.9 Å². The third-order valence-electron chi connectivity index (χ3n) is 3.55. The Balaban J connectivity index is 1.55. The Morgan fingerprint density at radius 3 is 2.64 bits per heavy atom. The van der Waals surface area contributed by atoms with Crippen LogP contribution >= 0.6 is 0 Å². The molecule has 0 saturated heterocycles. The van der Waals surface area contributed by atoms with E-state index >= 15 is 0 Å². The minimum Gasteiger partial charge on any atom is -0.423 e. The van der Waals surface area contributed by atoms with E-state index in [0.717, 1.165) is 0 Å². The van der Waals surface area contributed by atoms with E-state index in [-0.39, 0.29) is 17.4 Å². The number of oxazole rings is 1. The molecule has 0 aliphatic heterocycles. The number of rotatable bonds is 3. The van der Waals surface area contributed by atoms with Crippen molar-refractivity contribution in [3.05, 3.63) is 70.8 Å². The van der Waals surface area contributed by atoms with Crippen LogP contribution in [0.25, 0.3) is 28.1 Å². The normalized spacial score (nSPS) is 11.4. The minimum absolute atomic E-state index is 0.107. The summed E-state index contributed by atoms with van der Waals surface area (Å²) < 4.78 is 5.42. The van der Waals surface area contributed by atoms with Crippen LogP contribution in [0, 0.1) is 0 Å². The van der Waals surface area contributed by atoms with E-state index in [9.17, 15) is 9.59 Å². The number of hydrogen-bond donors (Lipinski definition) is 2. The summed E-state index contributed by atoms with van der Waals surface area (Å²) in [6.45, 7) is 0. The second-order valence-electron chi connectivity index (χ2n) is 5.28. The van der Waals surface area contributed by atoms with Gasteiger partial charge < -0.3 is 9.40 Å². The zero-order valence-corrected chi connectivity index (χ0v) is 12.9. The molecule has 0 atom stereocenters. The van der Waals surface area contributed by atoms with Crippen LogP contribution in [0.3, 0.4) is 0 Å². The van der Waals surface area contributed by atoms with Crippen molar-refractivity contribution in [2.24, 2.45) is 0 Å². The van der Waals surface area contributed by atoms with E-state index in [1.165, 1.54) is 12.2 Å². The number of para-hydroxylation sites is 3. The molecule has 2 aromatic heterocycles. The number of amides is 1. The van der Waals surface area contributed by atoms with Gasteiger partial charge >= 0.3 is 6.01 Å². The monoisotopic (exact) mass is 332 g/mol.